The van der Waals surface area contributed by atoms with Gasteiger partial charge in [-0.1, -0.05) is 43.2 Å². The summed E-state index contributed by atoms with van der Waals surface area (Å²) in [6.45, 7) is 2.84. The zero-order valence-electron chi connectivity index (χ0n) is 19.4. The van der Waals surface area contributed by atoms with E-state index in [9.17, 15) is 14.9 Å². The van der Waals surface area contributed by atoms with E-state index in [1.807, 2.05) is 24.3 Å². The molecule has 5 rings (SSSR count). The fraction of sp³-hybridized carbons (Fsp3) is 0.192. The SMILES string of the molecule is CCCCCOc1ccc(-c2nc3sc(=Cc4ccc(-c5ccccc5[N+](=O)[O-])o4)c(=O)n3n2)cc1. The molecule has 0 aliphatic heterocycles. The first-order chi connectivity index (χ1) is 17.5. The molecule has 9 nitrogen and oxygen atoms in total. The number of furan rings is 1. The average molecular weight is 503 g/mol. The minimum Gasteiger partial charge on any atom is -0.494 e. The number of hydrogen-bond acceptors (Lipinski definition) is 8. The molecule has 0 spiro atoms. The molecule has 36 heavy (non-hydrogen) atoms. The summed E-state index contributed by atoms with van der Waals surface area (Å²) in [5.41, 5.74) is 0.796. The van der Waals surface area contributed by atoms with Gasteiger partial charge in [-0.25, -0.2) is 0 Å². The van der Waals surface area contributed by atoms with Gasteiger partial charge in [0.15, 0.2) is 5.82 Å². The molecule has 10 heteroatoms. The van der Waals surface area contributed by atoms with Crippen molar-refractivity contribution in [2.45, 2.75) is 26.2 Å². The maximum atomic E-state index is 12.9. The highest BCUT2D eigenvalue weighted by atomic mass is 32.1. The number of unbranched alkanes of at least 4 members (excludes halogenated alkanes) is 2. The maximum Gasteiger partial charge on any atom is 0.291 e. The van der Waals surface area contributed by atoms with Gasteiger partial charge in [-0.3, -0.25) is 14.9 Å². The van der Waals surface area contributed by atoms with E-state index in [1.54, 1.807) is 36.4 Å². The van der Waals surface area contributed by atoms with Gasteiger partial charge in [0.05, 0.1) is 17.1 Å². The molecule has 3 aromatic heterocycles. The first kappa shape index (κ1) is 23.4. The predicted octanol–water partition coefficient (Wildman–Crippen LogP) is 5.10. The van der Waals surface area contributed by atoms with E-state index in [1.165, 1.54) is 21.9 Å². The summed E-state index contributed by atoms with van der Waals surface area (Å²) in [6.07, 6.45) is 4.90. The third kappa shape index (κ3) is 4.76. The van der Waals surface area contributed by atoms with Crippen molar-refractivity contribution >= 4 is 28.1 Å². The van der Waals surface area contributed by atoms with Crippen molar-refractivity contribution in [1.82, 2.24) is 14.6 Å². The molecule has 0 saturated carbocycles. The fourth-order valence-corrected chi connectivity index (χ4v) is 4.63. The number of para-hydroxylation sites is 1. The molecule has 0 atom stereocenters. The molecule has 0 N–H and O–H groups in total. The summed E-state index contributed by atoms with van der Waals surface area (Å²) in [5, 5.41) is 15.7. The van der Waals surface area contributed by atoms with Crippen molar-refractivity contribution < 1.29 is 14.1 Å². The van der Waals surface area contributed by atoms with Crippen LogP contribution in [-0.2, 0) is 0 Å². The van der Waals surface area contributed by atoms with Gasteiger partial charge in [0, 0.05) is 17.7 Å². The van der Waals surface area contributed by atoms with Crippen LogP contribution in [0.25, 0.3) is 33.7 Å². The number of ether oxygens (including phenoxy) is 1. The molecule has 3 heterocycles. The van der Waals surface area contributed by atoms with Crippen molar-refractivity contribution in [3.8, 4) is 28.5 Å². The Morgan fingerprint density at radius 3 is 2.67 bits per heavy atom. The number of benzene rings is 2. The molecule has 2 aromatic carbocycles. The maximum absolute atomic E-state index is 12.9. The van der Waals surface area contributed by atoms with Crippen molar-refractivity contribution in [3.63, 3.8) is 0 Å². The number of hydrogen-bond donors (Lipinski definition) is 0. The highest BCUT2D eigenvalue weighted by Crippen LogP contribution is 2.31. The summed E-state index contributed by atoms with van der Waals surface area (Å²) in [5.74, 6) is 2.00. The zero-order chi connectivity index (χ0) is 25.1. The van der Waals surface area contributed by atoms with Crippen molar-refractivity contribution in [2.75, 3.05) is 6.61 Å². The number of rotatable bonds is 9. The minimum absolute atomic E-state index is 0.0506. The quantitative estimate of drug-likeness (QED) is 0.156. The predicted molar refractivity (Wildman–Crippen MR) is 137 cm³/mol. The molecule has 0 radical (unpaired) electrons. The summed E-state index contributed by atoms with van der Waals surface area (Å²) in [4.78, 5) is 28.7. The lowest BCUT2D eigenvalue weighted by atomic mass is 10.1. The molecular weight excluding hydrogens is 480 g/mol. The molecule has 182 valence electrons. The molecule has 0 aliphatic carbocycles. The van der Waals surface area contributed by atoms with Crippen LogP contribution in [0.4, 0.5) is 5.69 Å². The van der Waals surface area contributed by atoms with Crippen LogP contribution in [-0.4, -0.2) is 26.1 Å². The van der Waals surface area contributed by atoms with Crippen molar-refractivity contribution in [3.05, 3.63) is 91.4 Å². The highest BCUT2D eigenvalue weighted by molar-refractivity contribution is 7.15. The van der Waals surface area contributed by atoms with E-state index in [0.29, 0.717) is 39.0 Å². The third-order valence-electron chi connectivity index (χ3n) is 5.58. The fourth-order valence-electron chi connectivity index (χ4n) is 3.74. The Bertz CT molecular complexity index is 1640. The second kappa shape index (κ2) is 10.1. The lowest BCUT2D eigenvalue weighted by Crippen LogP contribution is -2.23. The van der Waals surface area contributed by atoms with Gasteiger partial charge in [0.1, 0.15) is 21.8 Å². The molecule has 0 bridgehead atoms. The van der Waals surface area contributed by atoms with E-state index in [2.05, 4.69) is 17.0 Å². The smallest absolute Gasteiger partial charge is 0.291 e. The van der Waals surface area contributed by atoms with Crippen LogP contribution < -0.4 is 14.8 Å². The highest BCUT2D eigenvalue weighted by Gasteiger charge is 2.17. The Hall–Kier alpha value is -4.31. The molecule has 0 amide bonds. The van der Waals surface area contributed by atoms with Gasteiger partial charge in [-0.2, -0.15) is 9.50 Å². The number of nitrogens with zero attached hydrogens (tertiary/aromatic N) is 4. The van der Waals surface area contributed by atoms with Crippen LogP contribution in [0.1, 0.15) is 31.9 Å². The van der Waals surface area contributed by atoms with E-state index < -0.39 is 4.92 Å². The Kier molecular flexibility index (Phi) is 6.59. The monoisotopic (exact) mass is 502 g/mol. The first-order valence-corrected chi connectivity index (χ1v) is 12.3. The van der Waals surface area contributed by atoms with Gasteiger partial charge in [-0.05, 0) is 48.9 Å². The van der Waals surface area contributed by atoms with Crippen LogP contribution in [0.15, 0.2) is 69.9 Å². The Labute approximate surface area is 209 Å². The first-order valence-electron chi connectivity index (χ1n) is 11.5. The number of fused-ring (bicyclic) bond motifs is 1. The van der Waals surface area contributed by atoms with Gasteiger partial charge in [0.25, 0.3) is 11.2 Å². The Morgan fingerprint density at radius 1 is 1.11 bits per heavy atom. The molecule has 0 aliphatic rings. The Balaban J connectivity index is 1.38. The molecule has 0 fully saturated rings. The summed E-state index contributed by atoms with van der Waals surface area (Å²) in [6, 6.07) is 17.1. The lowest BCUT2D eigenvalue weighted by Gasteiger charge is -2.05. The molecular formula is C26H22N4O5S. The van der Waals surface area contributed by atoms with Crippen LogP contribution in [0.3, 0.4) is 0 Å². The third-order valence-corrected chi connectivity index (χ3v) is 6.54. The van der Waals surface area contributed by atoms with Crippen molar-refractivity contribution in [2.24, 2.45) is 0 Å². The Morgan fingerprint density at radius 2 is 1.92 bits per heavy atom. The zero-order valence-corrected chi connectivity index (χ0v) is 20.2. The molecule has 0 saturated heterocycles. The van der Waals surface area contributed by atoms with Gasteiger partial charge in [-0.15, -0.1) is 5.10 Å². The standard InChI is InChI=1S/C26H22N4O5S/c1-2-3-6-15-34-18-11-9-17(10-12-18)24-27-26-29(28-24)25(31)23(36-26)16-19-13-14-22(35-19)20-7-4-5-8-21(20)30(32)33/h4-5,7-14,16H,2-3,6,15H2,1H3. The summed E-state index contributed by atoms with van der Waals surface area (Å²) >= 11 is 1.19. The van der Waals surface area contributed by atoms with E-state index >= 15 is 0 Å². The normalized spacial score (nSPS) is 11.9. The van der Waals surface area contributed by atoms with E-state index in [-0.39, 0.29) is 11.2 Å². The number of nitro benzene ring substituents is 1. The average Bonchev–Trinajstić information content (AvgIpc) is 3.60. The van der Waals surface area contributed by atoms with Crippen molar-refractivity contribution in [1.29, 1.82) is 0 Å². The number of aromatic nitrogens is 3. The second-order valence-corrected chi connectivity index (χ2v) is 9.11. The van der Waals surface area contributed by atoms with Gasteiger partial charge in [0.2, 0.25) is 4.96 Å². The van der Waals surface area contributed by atoms with Crippen LogP contribution in [0, 0.1) is 10.1 Å². The molecule has 0 unspecified atom stereocenters. The summed E-state index contributed by atoms with van der Waals surface area (Å²) < 4.78 is 13.2. The summed E-state index contributed by atoms with van der Waals surface area (Å²) in [7, 11) is 0. The topological polar surface area (TPSA) is 113 Å². The van der Waals surface area contributed by atoms with E-state index in [4.69, 9.17) is 9.15 Å². The second-order valence-electron chi connectivity index (χ2n) is 8.10. The number of nitro groups is 1. The van der Waals surface area contributed by atoms with Gasteiger partial charge < -0.3 is 9.15 Å². The van der Waals surface area contributed by atoms with Gasteiger partial charge >= 0.3 is 0 Å². The lowest BCUT2D eigenvalue weighted by molar-refractivity contribution is -0.384. The largest absolute Gasteiger partial charge is 0.494 e. The number of thiazole rings is 1. The van der Waals surface area contributed by atoms with Crippen LogP contribution in [0.5, 0.6) is 5.75 Å². The van der Waals surface area contributed by atoms with Crippen LogP contribution in [0.2, 0.25) is 0 Å². The van der Waals surface area contributed by atoms with Crippen LogP contribution >= 0.6 is 11.3 Å². The minimum atomic E-state index is -0.456. The van der Waals surface area contributed by atoms with E-state index in [0.717, 1.165) is 30.6 Å². The molecule has 5 aromatic rings.